The van der Waals surface area contributed by atoms with Crippen molar-refractivity contribution >= 4 is 33.2 Å². The average molecular weight is 411 g/mol. The molecule has 1 aliphatic heterocycles. The highest BCUT2D eigenvalue weighted by Gasteiger charge is 2.28. The fourth-order valence-corrected chi connectivity index (χ4v) is 4.63. The number of nitrogens with zero attached hydrogens (tertiary/aromatic N) is 1. The third-order valence-corrected chi connectivity index (χ3v) is 6.79. The zero-order chi connectivity index (χ0) is 19.6. The van der Waals surface area contributed by atoms with Crippen LogP contribution in [-0.2, 0) is 10.0 Å². The van der Waals surface area contributed by atoms with E-state index >= 15 is 0 Å². The van der Waals surface area contributed by atoms with Gasteiger partial charge in [-0.25, -0.2) is 12.8 Å². The van der Waals surface area contributed by atoms with E-state index in [9.17, 15) is 17.6 Å². The van der Waals surface area contributed by atoms with Crippen molar-refractivity contribution < 1.29 is 17.6 Å². The number of benzene rings is 2. The Balaban J connectivity index is 1.78. The molecule has 1 heterocycles. The zero-order valence-electron chi connectivity index (χ0n) is 14.8. The Morgan fingerprint density at radius 2 is 1.89 bits per heavy atom. The molecule has 1 amide bonds. The number of sulfonamides is 1. The van der Waals surface area contributed by atoms with E-state index in [2.05, 4.69) is 12.2 Å². The number of amides is 1. The number of carbonyl (C=O) groups excluding carboxylic acids is 1. The van der Waals surface area contributed by atoms with Crippen molar-refractivity contribution in [1.82, 2.24) is 4.31 Å². The summed E-state index contributed by atoms with van der Waals surface area (Å²) in [6.07, 6.45) is 1.57. The standard InChI is InChI=1S/C19H20ClFN2O3S/c1-13-7-9-23(10-8-13)27(25,26)16-5-6-18(17(21)12-16)22-19(24)14-3-2-4-15(20)11-14/h2-6,11-13H,7-10H2,1H3,(H,22,24). The van der Waals surface area contributed by atoms with Gasteiger partial charge >= 0.3 is 0 Å². The van der Waals surface area contributed by atoms with Crippen molar-refractivity contribution in [3.05, 3.63) is 58.9 Å². The SMILES string of the molecule is CC1CCN(S(=O)(=O)c2ccc(NC(=O)c3cccc(Cl)c3)c(F)c2)CC1. The first-order valence-corrected chi connectivity index (χ1v) is 10.5. The number of piperidine rings is 1. The molecule has 0 atom stereocenters. The van der Waals surface area contributed by atoms with Crippen LogP contribution < -0.4 is 5.32 Å². The maximum absolute atomic E-state index is 14.4. The third kappa shape index (κ3) is 4.48. The molecule has 5 nitrogen and oxygen atoms in total. The molecule has 0 spiro atoms. The van der Waals surface area contributed by atoms with Crippen molar-refractivity contribution in [2.75, 3.05) is 18.4 Å². The molecule has 0 unspecified atom stereocenters. The quantitative estimate of drug-likeness (QED) is 0.823. The summed E-state index contributed by atoms with van der Waals surface area (Å²) in [6, 6.07) is 9.77. The first-order chi connectivity index (χ1) is 12.8. The van der Waals surface area contributed by atoms with Crippen LogP contribution in [0, 0.1) is 11.7 Å². The predicted molar refractivity (Wildman–Crippen MR) is 103 cm³/mol. The molecule has 8 heteroatoms. The maximum atomic E-state index is 14.4. The van der Waals surface area contributed by atoms with Gasteiger partial charge in [-0.2, -0.15) is 4.31 Å². The van der Waals surface area contributed by atoms with Gasteiger partial charge in [0, 0.05) is 23.7 Å². The summed E-state index contributed by atoms with van der Waals surface area (Å²) in [5, 5.41) is 2.83. The molecule has 0 bridgehead atoms. The lowest BCUT2D eigenvalue weighted by atomic mass is 10.0. The van der Waals surface area contributed by atoms with Crippen LogP contribution >= 0.6 is 11.6 Å². The Morgan fingerprint density at radius 3 is 2.52 bits per heavy atom. The average Bonchev–Trinajstić information content (AvgIpc) is 2.63. The fraction of sp³-hybridized carbons (Fsp3) is 0.316. The molecule has 1 aliphatic rings. The number of hydrogen-bond donors (Lipinski definition) is 1. The minimum atomic E-state index is -3.75. The molecule has 0 radical (unpaired) electrons. The van der Waals surface area contributed by atoms with Crippen molar-refractivity contribution in [2.45, 2.75) is 24.7 Å². The van der Waals surface area contributed by atoms with E-state index in [0.29, 0.717) is 24.0 Å². The first-order valence-electron chi connectivity index (χ1n) is 8.64. The largest absolute Gasteiger partial charge is 0.319 e. The Kier molecular flexibility index (Phi) is 5.83. The Morgan fingerprint density at radius 1 is 1.19 bits per heavy atom. The van der Waals surface area contributed by atoms with Crippen LogP contribution in [0.15, 0.2) is 47.4 Å². The first kappa shape index (κ1) is 19.8. The van der Waals surface area contributed by atoms with E-state index in [4.69, 9.17) is 11.6 Å². The topological polar surface area (TPSA) is 66.5 Å². The van der Waals surface area contributed by atoms with Gasteiger partial charge in [0.15, 0.2) is 0 Å². The number of rotatable bonds is 4. The van der Waals surface area contributed by atoms with Crippen molar-refractivity contribution in [3.63, 3.8) is 0 Å². The number of carbonyl (C=O) groups is 1. The third-order valence-electron chi connectivity index (χ3n) is 4.66. The summed E-state index contributed by atoms with van der Waals surface area (Å²) < 4.78 is 41.2. The molecule has 2 aromatic carbocycles. The molecule has 1 fully saturated rings. The minimum absolute atomic E-state index is 0.0915. The van der Waals surface area contributed by atoms with Gasteiger partial charge in [-0.15, -0.1) is 0 Å². The van der Waals surface area contributed by atoms with Crippen molar-refractivity contribution in [2.24, 2.45) is 5.92 Å². The fourth-order valence-electron chi connectivity index (χ4n) is 2.96. The highest BCUT2D eigenvalue weighted by molar-refractivity contribution is 7.89. The van der Waals surface area contributed by atoms with Crippen molar-refractivity contribution in [3.8, 4) is 0 Å². The van der Waals surface area contributed by atoms with E-state index in [-0.39, 0.29) is 16.1 Å². The van der Waals surface area contributed by atoms with Crippen LogP contribution in [0.4, 0.5) is 10.1 Å². The van der Waals surface area contributed by atoms with Gasteiger partial charge in [0.1, 0.15) is 5.82 Å². The number of halogens is 2. The second-order valence-electron chi connectivity index (χ2n) is 6.69. The predicted octanol–water partition coefficient (Wildman–Crippen LogP) is 4.15. The molecule has 0 aliphatic carbocycles. The molecule has 27 heavy (non-hydrogen) atoms. The van der Waals surface area contributed by atoms with E-state index < -0.39 is 21.7 Å². The zero-order valence-corrected chi connectivity index (χ0v) is 16.4. The molecule has 2 aromatic rings. The van der Waals surface area contributed by atoms with Gasteiger partial charge in [0.2, 0.25) is 10.0 Å². The van der Waals surface area contributed by atoms with Gasteiger partial charge in [-0.1, -0.05) is 24.6 Å². The molecular formula is C19H20ClFN2O3S. The monoisotopic (exact) mass is 410 g/mol. The van der Waals surface area contributed by atoms with Crippen LogP contribution in [0.2, 0.25) is 5.02 Å². The molecule has 1 N–H and O–H groups in total. The van der Waals surface area contributed by atoms with Gasteiger partial charge in [-0.3, -0.25) is 4.79 Å². The molecule has 0 saturated carbocycles. The van der Waals surface area contributed by atoms with Gasteiger partial charge < -0.3 is 5.32 Å². The summed E-state index contributed by atoms with van der Waals surface area (Å²) in [7, 11) is -3.75. The maximum Gasteiger partial charge on any atom is 0.255 e. The summed E-state index contributed by atoms with van der Waals surface area (Å²) >= 11 is 5.85. The highest BCUT2D eigenvalue weighted by atomic mass is 35.5. The lowest BCUT2D eigenvalue weighted by Gasteiger charge is -2.29. The Labute approximate surface area is 163 Å². The van der Waals surface area contributed by atoms with Gasteiger partial charge in [0.05, 0.1) is 10.6 Å². The van der Waals surface area contributed by atoms with E-state index in [1.165, 1.54) is 22.5 Å². The number of nitrogens with one attached hydrogen (secondary N) is 1. The summed E-state index contributed by atoms with van der Waals surface area (Å²) in [4.78, 5) is 12.1. The van der Waals surface area contributed by atoms with Gasteiger partial charge in [0.25, 0.3) is 5.91 Å². The van der Waals surface area contributed by atoms with E-state index in [1.807, 2.05) is 0 Å². The summed E-state index contributed by atoms with van der Waals surface area (Å²) in [6.45, 7) is 2.94. The van der Waals surface area contributed by atoms with Crippen molar-refractivity contribution in [1.29, 1.82) is 0 Å². The van der Waals surface area contributed by atoms with Crippen LogP contribution in [0.3, 0.4) is 0 Å². The molecule has 0 aromatic heterocycles. The lowest BCUT2D eigenvalue weighted by molar-refractivity contribution is 0.102. The van der Waals surface area contributed by atoms with Crippen LogP contribution in [0.25, 0.3) is 0 Å². The molecular weight excluding hydrogens is 391 g/mol. The lowest BCUT2D eigenvalue weighted by Crippen LogP contribution is -2.37. The van der Waals surface area contributed by atoms with E-state index in [1.54, 1.807) is 18.2 Å². The molecule has 3 rings (SSSR count). The summed E-state index contributed by atoms with van der Waals surface area (Å²) in [5.74, 6) is -0.855. The van der Waals surface area contributed by atoms with Gasteiger partial charge in [-0.05, 0) is 55.2 Å². The highest BCUT2D eigenvalue weighted by Crippen LogP contribution is 2.26. The van der Waals surface area contributed by atoms with Crippen LogP contribution in [0.5, 0.6) is 0 Å². The van der Waals surface area contributed by atoms with Crippen LogP contribution in [0.1, 0.15) is 30.1 Å². The number of hydrogen-bond acceptors (Lipinski definition) is 3. The smallest absolute Gasteiger partial charge is 0.255 e. The minimum Gasteiger partial charge on any atom is -0.319 e. The van der Waals surface area contributed by atoms with E-state index in [0.717, 1.165) is 18.9 Å². The normalized spacial score (nSPS) is 16.3. The number of anilines is 1. The molecule has 1 saturated heterocycles. The second-order valence-corrected chi connectivity index (χ2v) is 9.07. The Hall–Kier alpha value is -1.96. The summed E-state index contributed by atoms with van der Waals surface area (Å²) in [5.41, 5.74) is 0.187. The molecule has 144 valence electrons. The second kappa shape index (κ2) is 7.96. The van der Waals surface area contributed by atoms with Crippen LogP contribution in [-0.4, -0.2) is 31.7 Å². The Bertz CT molecular complexity index is 957.